The van der Waals surface area contributed by atoms with Gasteiger partial charge in [0.25, 0.3) is 0 Å². The van der Waals surface area contributed by atoms with Gasteiger partial charge in [-0.25, -0.2) is 0 Å². The van der Waals surface area contributed by atoms with Crippen LogP contribution in [-0.4, -0.2) is 31.2 Å². The highest BCUT2D eigenvalue weighted by Gasteiger charge is 2.09. The van der Waals surface area contributed by atoms with Crippen molar-refractivity contribution in [2.75, 3.05) is 21.3 Å². The molecule has 0 aliphatic rings. The molecule has 24 heavy (non-hydrogen) atoms. The second-order valence-corrected chi connectivity index (χ2v) is 5.85. The van der Waals surface area contributed by atoms with Crippen LogP contribution >= 0.6 is 0 Å². The molecule has 4 heteroatoms. The topological polar surface area (TPSA) is 34.6 Å². The second-order valence-electron chi connectivity index (χ2n) is 5.85. The van der Waals surface area contributed by atoms with Crippen LogP contribution in [0.25, 0.3) is 10.9 Å². The number of benzene rings is 2. The molecule has 0 saturated heterocycles. The standard InChI is InChI=1S/C20H22N2O2/c1-22(13-15-9-10-18(23-2)19(12-15)24-3)14-17-7-4-6-16-8-5-11-21-20(16)17/h4-12H,13-14H2,1-3H3. The average Bonchev–Trinajstić information content (AvgIpc) is 2.62. The smallest absolute Gasteiger partial charge is 0.161 e. The van der Waals surface area contributed by atoms with Crippen LogP contribution in [0.15, 0.2) is 54.7 Å². The largest absolute Gasteiger partial charge is 0.493 e. The quantitative estimate of drug-likeness (QED) is 0.690. The number of nitrogens with zero attached hydrogens (tertiary/aromatic N) is 2. The Balaban J connectivity index is 1.77. The van der Waals surface area contributed by atoms with E-state index in [-0.39, 0.29) is 0 Å². The molecule has 1 aromatic heterocycles. The van der Waals surface area contributed by atoms with Gasteiger partial charge in [-0.15, -0.1) is 0 Å². The maximum Gasteiger partial charge on any atom is 0.161 e. The Morgan fingerprint density at radius 2 is 1.71 bits per heavy atom. The third kappa shape index (κ3) is 3.49. The lowest BCUT2D eigenvalue weighted by Gasteiger charge is -2.18. The van der Waals surface area contributed by atoms with Crippen LogP contribution in [-0.2, 0) is 13.1 Å². The van der Waals surface area contributed by atoms with E-state index in [0.717, 1.165) is 30.1 Å². The highest BCUT2D eigenvalue weighted by molar-refractivity contribution is 5.81. The SMILES string of the molecule is COc1ccc(CN(C)Cc2cccc3cccnc23)cc1OC. The van der Waals surface area contributed by atoms with E-state index < -0.39 is 0 Å². The van der Waals surface area contributed by atoms with E-state index >= 15 is 0 Å². The van der Waals surface area contributed by atoms with Gasteiger partial charge in [0.1, 0.15) is 0 Å². The van der Waals surface area contributed by atoms with Crippen molar-refractivity contribution >= 4 is 10.9 Å². The van der Waals surface area contributed by atoms with Crippen molar-refractivity contribution in [3.63, 3.8) is 0 Å². The van der Waals surface area contributed by atoms with Gasteiger partial charge < -0.3 is 9.47 Å². The minimum absolute atomic E-state index is 0.752. The van der Waals surface area contributed by atoms with Crippen molar-refractivity contribution in [1.29, 1.82) is 0 Å². The second kappa shape index (κ2) is 7.32. The Bertz CT molecular complexity index is 827. The lowest BCUT2D eigenvalue weighted by molar-refractivity contribution is 0.317. The molecular formula is C20H22N2O2. The van der Waals surface area contributed by atoms with Crippen LogP contribution in [0.2, 0.25) is 0 Å². The van der Waals surface area contributed by atoms with Crippen molar-refractivity contribution in [1.82, 2.24) is 9.88 Å². The first-order valence-corrected chi connectivity index (χ1v) is 7.93. The molecule has 3 rings (SSSR count). The molecule has 0 fully saturated rings. The molecule has 0 saturated carbocycles. The van der Waals surface area contributed by atoms with Crippen LogP contribution in [0, 0.1) is 0 Å². The van der Waals surface area contributed by atoms with Gasteiger partial charge >= 0.3 is 0 Å². The molecule has 0 atom stereocenters. The maximum atomic E-state index is 5.38. The lowest BCUT2D eigenvalue weighted by Crippen LogP contribution is -2.17. The molecule has 0 N–H and O–H groups in total. The molecule has 0 spiro atoms. The van der Waals surface area contributed by atoms with Gasteiger partial charge in [-0.2, -0.15) is 0 Å². The summed E-state index contributed by atoms with van der Waals surface area (Å²) >= 11 is 0. The highest BCUT2D eigenvalue weighted by Crippen LogP contribution is 2.28. The van der Waals surface area contributed by atoms with Crippen molar-refractivity contribution in [2.45, 2.75) is 13.1 Å². The van der Waals surface area contributed by atoms with E-state index in [0.29, 0.717) is 0 Å². The molecule has 0 unspecified atom stereocenters. The Morgan fingerprint density at radius 3 is 2.50 bits per heavy atom. The summed E-state index contributed by atoms with van der Waals surface area (Å²) in [6.45, 7) is 1.66. The summed E-state index contributed by atoms with van der Waals surface area (Å²) in [4.78, 5) is 6.80. The number of rotatable bonds is 6. The van der Waals surface area contributed by atoms with Gasteiger partial charge in [0.2, 0.25) is 0 Å². The zero-order chi connectivity index (χ0) is 16.9. The van der Waals surface area contributed by atoms with Gasteiger partial charge in [-0.3, -0.25) is 9.88 Å². The fourth-order valence-corrected chi connectivity index (χ4v) is 2.93. The highest BCUT2D eigenvalue weighted by atomic mass is 16.5. The minimum Gasteiger partial charge on any atom is -0.493 e. The van der Waals surface area contributed by atoms with Gasteiger partial charge in [0.05, 0.1) is 19.7 Å². The molecule has 2 aromatic carbocycles. The van der Waals surface area contributed by atoms with Crippen molar-refractivity contribution < 1.29 is 9.47 Å². The van der Waals surface area contributed by atoms with E-state index in [1.54, 1.807) is 14.2 Å². The first-order valence-electron chi connectivity index (χ1n) is 7.93. The average molecular weight is 322 g/mol. The maximum absolute atomic E-state index is 5.38. The number of fused-ring (bicyclic) bond motifs is 1. The summed E-state index contributed by atoms with van der Waals surface area (Å²) in [6, 6.07) is 16.4. The molecule has 0 amide bonds. The summed E-state index contributed by atoms with van der Waals surface area (Å²) in [7, 11) is 5.42. The molecule has 4 nitrogen and oxygen atoms in total. The molecule has 0 radical (unpaired) electrons. The van der Waals surface area contributed by atoms with Crippen LogP contribution in [0.1, 0.15) is 11.1 Å². The van der Waals surface area contributed by atoms with Crippen LogP contribution in [0.4, 0.5) is 0 Å². The number of aromatic nitrogens is 1. The molecule has 0 bridgehead atoms. The number of para-hydroxylation sites is 1. The van der Waals surface area contributed by atoms with E-state index in [2.05, 4.69) is 47.3 Å². The summed E-state index contributed by atoms with van der Waals surface area (Å²) in [5, 5.41) is 1.18. The summed E-state index contributed by atoms with van der Waals surface area (Å²) in [5.74, 6) is 1.51. The number of methoxy groups -OCH3 is 2. The first-order chi connectivity index (χ1) is 11.7. The van der Waals surface area contributed by atoms with Crippen molar-refractivity contribution in [3.05, 3.63) is 65.9 Å². The molecule has 1 heterocycles. The summed E-state index contributed by atoms with van der Waals surface area (Å²) < 4.78 is 10.7. The Morgan fingerprint density at radius 1 is 0.917 bits per heavy atom. The fraction of sp³-hybridized carbons (Fsp3) is 0.250. The Kier molecular flexibility index (Phi) is 4.96. The normalized spacial score (nSPS) is 11.0. The van der Waals surface area contributed by atoms with E-state index in [9.17, 15) is 0 Å². The van der Waals surface area contributed by atoms with E-state index in [1.165, 1.54) is 16.5 Å². The predicted octanol–water partition coefficient (Wildman–Crippen LogP) is 3.88. The number of hydrogen-bond donors (Lipinski definition) is 0. The zero-order valence-corrected chi connectivity index (χ0v) is 14.3. The summed E-state index contributed by atoms with van der Waals surface area (Å²) in [5.41, 5.74) is 3.48. The molecule has 3 aromatic rings. The third-order valence-electron chi connectivity index (χ3n) is 4.06. The molecule has 124 valence electrons. The molecular weight excluding hydrogens is 300 g/mol. The summed E-state index contributed by atoms with van der Waals surface area (Å²) in [6.07, 6.45) is 1.85. The number of pyridine rings is 1. The minimum atomic E-state index is 0.752. The van der Waals surface area contributed by atoms with Crippen LogP contribution in [0.5, 0.6) is 11.5 Å². The zero-order valence-electron chi connectivity index (χ0n) is 14.3. The van der Waals surface area contributed by atoms with Gasteiger partial charge in [0.15, 0.2) is 11.5 Å². The van der Waals surface area contributed by atoms with Crippen LogP contribution < -0.4 is 9.47 Å². The van der Waals surface area contributed by atoms with Gasteiger partial charge in [-0.1, -0.05) is 30.3 Å². The monoisotopic (exact) mass is 322 g/mol. The van der Waals surface area contributed by atoms with Crippen LogP contribution in [0.3, 0.4) is 0 Å². The van der Waals surface area contributed by atoms with Gasteiger partial charge in [0, 0.05) is 24.7 Å². The van der Waals surface area contributed by atoms with Crippen molar-refractivity contribution in [2.24, 2.45) is 0 Å². The molecule has 0 aliphatic heterocycles. The molecule has 0 aliphatic carbocycles. The lowest BCUT2D eigenvalue weighted by atomic mass is 10.1. The Hall–Kier alpha value is -2.59. The fourth-order valence-electron chi connectivity index (χ4n) is 2.93. The van der Waals surface area contributed by atoms with E-state index in [1.807, 2.05) is 24.4 Å². The van der Waals surface area contributed by atoms with E-state index in [4.69, 9.17) is 9.47 Å². The number of ether oxygens (including phenoxy) is 2. The van der Waals surface area contributed by atoms with Crippen molar-refractivity contribution in [3.8, 4) is 11.5 Å². The third-order valence-corrected chi connectivity index (χ3v) is 4.06. The Labute approximate surface area is 142 Å². The van der Waals surface area contributed by atoms with Gasteiger partial charge in [-0.05, 0) is 36.4 Å². The number of hydrogen-bond acceptors (Lipinski definition) is 4. The first kappa shape index (κ1) is 16.3. The predicted molar refractivity (Wildman–Crippen MR) is 96.5 cm³/mol.